The third kappa shape index (κ3) is 2.57. The van der Waals surface area contributed by atoms with Crippen LogP contribution in [0.3, 0.4) is 0 Å². The van der Waals surface area contributed by atoms with E-state index in [0.29, 0.717) is 11.4 Å². The second-order valence-corrected chi connectivity index (χ2v) is 4.35. The molecule has 2 heterocycles. The number of aliphatic hydroxyl groups excluding tert-OH is 3. The van der Waals surface area contributed by atoms with E-state index in [1.54, 1.807) is 18.0 Å². The van der Waals surface area contributed by atoms with Crippen molar-refractivity contribution in [1.29, 1.82) is 0 Å². The summed E-state index contributed by atoms with van der Waals surface area (Å²) in [7, 11) is 0. The third-order valence-corrected chi connectivity index (χ3v) is 3.08. The lowest BCUT2D eigenvalue weighted by molar-refractivity contribution is -0.0792. The first kappa shape index (κ1) is 13.8. The van der Waals surface area contributed by atoms with E-state index in [2.05, 4.69) is 16.8 Å². The van der Waals surface area contributed by atoms with Gasteiger partial charge in [0.15, 0.2) is 6.23 Å². The topological polar surface area (TPSA) is 112 Å². The Morgan fingerprint density at radius 3 is 2.84 bits per heavy atom. The summed E-state index contributed by atoms with van der Waals surface area (Å²) in [5.41, 5.74) is 6.24. The summed E-state index contributed by atoms with van der Waals surface area (Å²) in [5, 5.41) is 28.7. The minimum atomic E-state index is -1.13. The quantitative estimate of drug-likeness (QED) is 0.429. The van der Waals surface area contributed by atoms with Gasteiger partial charge in [-0.3, -0.25) is 0 Å². The molecule has 2 rings (SSSR count). The molecule has 0 aliphatic carbocycles. The van der Waals surface area contributed by atoms with E-state index < -0.39 is 24.5 Å². The smallest absolute Gasteiger partial charge is 0.160 e. The Bertz CT molecular complexity index is 465. The van der Waals surface area contributed by atoms with Crippen LogP contribution in [0.5, 0.6) is 0 Å². The van der Waals surface area contributed by atoms with Crippen LogP contribution in [0.1, 0.15) is 6.92 Å². The minimum Gasteiger partial charge on any atom is -0.394 e. The summed E-state index contributed by atoms with van der Waals surface area (Å²) >= 11 is 0. The highest BCUT2D eigenvalue weighted by Gasteiger charge is 2.45. The van der Waals surface area contributed by atoms with Gasteiger partial charge in [-0.25, -0.2) is 4.99 Å². The van der Waals surface area contributed by atoms with Crippen molar-refractivity contribution in [3.63, 3.8) is 0 Å². The number of amidine groups is 1. The molecule has 104 valence electrons. The van der Waals surface area contributed by atoms with E-state index >= 15 is 0 Å². The summed E-state index contributed by atoms with van der Waals surface area (Å²) in [4.78, 5) is 5.68. The lowest BCUT2D eigenvalue weighted by Crippen LogP contribution is -2.43. The van der Waals surface area contributed by atoms with Crippen molar-refractivity contribution >= 4 is 5.84 Å². The van der Waals surface area contributed by atoms with Crippen LogP contribution in [0.15, 0.2) is 16.8 Å². The maximum atomic E-state index is 9.92. The Hall–Kier alpha value is -1.59. The molecule has 0 aromatic carbocycles. The average Bonchev–Trinajstić information content (AvgIpc) is 2.69. The van der Waals surface area contributed by atoms with Gasteiger partial charge in [0.25, 0.3) is 0 Å². The highest BCUT2D eigenvalue weighted by atomic mass is 16.6. The van der Waals surface area contributed by atoms with Gasteiger partial charge in [0.05, 0.1) is 12.2 Å². The summed E-state index contributed by atoms with van der Waals surface area (Å²) in [6.45, 7) is 1.52. The van der Waals surface area contributed by atoms with Crippen LogP contribution in [0, 0.1) is 11.8 Å². The van der Waals surface area contributed by atoms with Gasteiger partial charge in [-0.05, 0) is 6.92 Å². The zero-order valence-electron chi connectivity index (χ0n) is 10.5. The van der Waals surface area contributed by atoms with Crippen molar-refractivity contribution in [2.45, 2.75) is 31.5 Å². The lowest BCUT2D eigenvalue weighted by Gasteiger charge is -2.30. The highest BCUT2D eigenvalue weighted by molar-refractivity contribution is 6.01. The molecule has 1 saturated heterocycles. The molecule has 7 heteroatoms. The van der Waals surface area contributed by atoms with Crippen LogP contribution in [0.4, 0.5) is 0 Å². The third-order valence-electron chi connectivity index (χ3n) is 3.08. The van der Waals surface area contributed by atoms with Crippen LogP contribution in [0.2, 0.25) is 0 Å². The summed E-state index contributed by atoms with van der Waals surface area (Å²) in [6, 6.07) is 0. The van der Waals surface area contributed by atoms with Crippen LogP contribution in [0.25, 0.3) is 0 Å². The SMILES string of the molecule is CC#CC1=CN(C2O[C@H](CO)[C@@H](O)[C@H]2O)CN=C1N. The van der Waals surface area contributed by atoms with Gasteiger partial charge in [-0.15, -0.1) is 5.92 Å². The molecule has 0 spiro atoms. The molecule has 0 saturated carbocycles. The zero-order chi connectivity index (χ0) is 14.0. The van der Waals surface area contributed by atoms with E-state index in [0.717, 1.165) is 0 Å². The van der Waals surface area contributed by atoms with Gasteiger partial charge >= 0.3 is 0 Å². The average molecular weight is 267 g/mol. The highest BCUT2D eigenvalue weighted by Crippen LogP contribution is 2.25. The van der Waals surface area contributed by atoms with E-state index in [1.165, 1.54) is 0 Å². The summed E-state index contributed by atoms with van der Waals surface area (Å²) < 4.78 is 5.41. The van der Waals surface area contributed by atoms with Crippen molar-refractivity contribution in [2.75, 3.05) is 13.3 Å². The summed E-state index contributed by atoms with van der Waals surface area (Å²) in [5.74, 6) is 5.85. The Labute approximate surface area is 111 Å². The predicted molar refractivity (Wildman–Crippen MR) is 67.6 cm³/mol. The van der Waals surface area contributed by atoms with Crippen LogP contribution in [-0.2, 0) is 4.74 Å². The molecule has 0 bridgehead atoms. The van der Waals surface area contributed by atoms with Gasteiger partial charge in [0.1, 0.15) is 30.8 Å². The number of hydrogen-bond acceptors (Lipinski definition) is 7. The second-order valence-electron chi connectivity index (χ2n) is 4.35. The first-order valence-corrected chi connectivity index (χ1v) is 5.91. The molecule has 2 aliphatic heterocycles. The standard InChI is InChI=1S/C12H17N3O4/c1-2-3-7-4-15(6-14-11(7)13)12-10(18)9(17)8(5-16)19-12/h4,8-10,12,16-18H,5-6H2,1H3,(H2,13,14)/t8-,9-,10-,12?/m1/s1. The van der Waals surface area contributed by atoms with Gasteiger partial charge < -0.3 is 30.7 Å². The Kier molecular flexibility index (Phi) is 4.07. The molecule has 1 unspecified atom stereocenters. The molecular weight excluding hydrogens is 250 g/mol. The molecule has 5 N–H and O–H groups in total. The number of ether oxygens (including phenoxy) is 1. The van der Waals surface area contributed by atoms with Crippen molar-refractivity contribution in [3.05, 3.63) is 11.8 Å². The molecule has 0 radical (unpaired) electrons. The van der Waals surface area contributed by atoms with E-state index in [4.69, 9.17) is 15.6 Å². The number of hydrogen-bond donors (Lipinski definition) is 4. The number of nitrogens with zero attached hydrogens (tertiary/aromatic N) is 2. The van der Waals surface area contributed by atoms with Crippen molar-refractivity contribution in [3.8, 4) is 11.8 Å². The number of nitrogens with two attached hydrogens (primary N) is 1. The number of rotatable bonds is 2. The fourth-order valence-corrected chi connectivity index (χ4v) is 2.05. The van der Waals surface area contributed by atoms with Crippen molar-refractivity contribution in [2.24, 2.45) is 10.7 Å². The Morgan fingerprint density at radius 1 is 1.53 bits per heavy atom. The number of aliphatic hydroxyl groups is 3. The maximum absolute atomic E-state index is 9.92. The molecule has 7 nitrogen and oxygen atoms in total. The Morgan fingerprint density at radius 2 is 2.26 bits per heavy atom. The first-order chi connectivity index (χ1) is 9.08. The minimum absolute atomic E-state index is 0.202. The van der Waals surface area contributed by atoms with Gasteiger partial charge in [-0.1, -0.05) is 5.92 Å². The Balaban J connectivity index is 2.17. The fraction of sp³-hybridized carbons (Fsp3) is 0.583. The van der Waals surface area contributed by atoms with E-state index in [1.807, 2.05) is 0 Å². The molecule has 1 fully saturated rings. The van der Waals surface area contributed by atoms with Crippen LogP contribution in [-0.4, -0.2) is 63.9 Å². The molecule has 0 amide bonds. The van der Waals surface area contributed by atoms with Crippen LogP contribution < -0.4 is 5.73 Å². The van der Waals surface area contributed by atoms with E-state index in [-0.39, 0.29) is 13.3 Å². The molecule has 19 heavy (non-hydrogen) atoms. The van der Waals surface area contributed by atoms with Crippen molar-refractivity contribution in [1.82, 2.24) is 4.90 Å². The van der Waals surface area contributed by atoms with Gasteiger partial charge in [0, 0.05) is 6.20 Å². The molecule has 0 aromatic heterocycles. The van der Waals surface area contributed by atoms with Gasteiger partial charge in [-0.2, -0.15) is 0 Å². The normalized spacial score (nSPS) is 34.4. The zero-order valence-corrected chi connectivity index (χ0v) is 10.5. The molecule has 0 aromatic rings. The van der Waals surface area contributed by atoms with Crippen LogP contribution >= 0.6 is 0 Å². The molecule has 4 atom stereocenters. The monoisotopic (exact) mass is 267 g/mol. The van der Waals surface area contributed by atoms with Crippen molar-refractivity contribution < 1.29 is 20.1 Å². The number of aliphatic imine (C=N–C) groups is 1. The second kappa shape index (κ2) is 5.59. The van der Waals surface area contributed by atoms with E-state index in [9.17, 15) is 10.2 Å². The first-order valence-electron chi connectivity index (χ1n) is 5.91. The lowest BCUT2D eigenvalue weighted by atomic mass is 10.1. The largest absolute Gasteiger partial charge is 0.394 e. The molecular formula is C12H17N3O4. The summed E-state index contributed by atoms with van der Waals surface area (Å²) in [6.07, 6.45) is -2.21. The molecule has 2 aliphatic rings. The maximum Gasteiger partial charge on any atom is 0.160 e. The predicted octanol–water partition coefficient (Wildman–Crippen LogP) is -2.04. The van der Waals surface area contributed by atoms with Gasteiger partial charge in [0.2, 0.25) is 0 Å². The fourth-order valence-electron chi connectivity index (χ4n) is 2.05.